The first-order valence-electron chi connectivity index (χ1n) is 6.58. The molecular formula is C15H20O3. The van der Waals surface area contributed by atoms with E-state index in [1.165, 1.54) is 5.56 Å². The Morgan fingerprint density at radius 3 is 2.50 bits per heavy atom. The molecule has 18 heavy (non-hydrogen) atoms. The first-order chi connectivity index (χ1) is 8.73. The smallest absolute Gasteiger partial charge is 0.309 e. The zero-order chi connectivity index (χ0) is 12.8. The Hall–Kier alpha value is -1.35. The van der Waals surface area contributed by atoms with Crippen molar-refractivity contribution in [3.8, 4) is 0 Å². The van der Waals surface area contributed by atoms with Crippen LogP contribution in [0.2, 0.25) is 0 Å². The van der Waals surface area contributed by atoms with Crippen molar-refractivity contribution in [2.24, 2.45) is 5.41 Å². The molecule has 1 fully saturated rings. The lowest BCUT2D eigenvalue weighted by Crippen LogP contribution is -2.37. The molecule has 1 N–H and O–H groups in total. The summed E-state index contributed by atoms with van der Waals surface area (Å²) in [5.74, 6) is -0.654. The van der Waals surface area contributed by atoms with Crippen LogP contribution in [0.1, 0.15) is 31.2 Å². The van der Waals surface area contributed by atoms with Gasteiger partial charge in [-0.2, -0.15) is 0 Å². The van der Waals surface area contributed by atoms with Crippen LogP contribution in [0.4, 0.5) is 0 Å². The van der Waals surface area contributed by atoms with Crippen molar-refractivity contribution in [2.75, 3.05) is 13.2 Å². The van der Waals surface area contributed by atoms with Gasteiger partial charge in [0.2, 0.25) is 0 Å². The molecule has 98 valence electrons. The predicted molar refractivity (Wildman–Crippen MR) is 69.5 cm³/mol. The van der Waals surface area contributed by atoms with Gasteiger partial charge >= 0.3 is 5.97 Å². The normalized spacial score (nSPS) is 18.4. The summed E-state index contributed by atoms with van der Waals surface area (Å²) in [7, 11) is 0. The maximum absolute atomic E-state index is 11.5. The fraction of sp³-hybridized carbons (Fsp3) is 0.533. The van der Waals surface area contributed by atoms with Crippen LogP contribution < -0.4 is 0 Å². The highest BCUT2D eigenvalue weighted by molar-refractivity contribution is 5.74. The number of carbonyl (C=O) groups is 1. The van der Waals surface area contributed by atoms with Crippen molar-refractivity contribution < 1.29 is 14.6 Å². The van der Waals surface area contributed by atoms with E-state index in [9.17, 15) is 9.90 Å². The quantitative estimate of drug-likeness (QED) is 0.871. The summed E-state index contributed by atoms with van der Waals surface area (Å²) in [6, 6.07) is 10.2. The highest BCUT2D eigenvalue weighted by Crippen LogP contribution is 2.36. The third kappa shape index (κ3) is 3.10. The van der Waals surface area contributed by atoms with Gasteiger partial charge in [-0.1, -0.05) is 30.3 Å². The zero-order valence-electron chi connectivity index (χ0n) is 10.6. The van der Waals surface area contributed by atoms with Crippen LogP contribution in [0.15, 0.2) is 30.3 Å². The molecule has 2 rings (SSSR count). The number of carboxylic acids is 1. The molecule has 0 radical (unpaired) electrons. The summed E-state index contributed by atoms with van der Waals surface area (Å²) in [5.41, 5.74) is 0.734. The van der Waals surface area contributed by atoms with Crippen LogP contribution in [-0.4, -0.2) is 24.3 Å². The molecular weight excluding hydrogens is 228 g/mol. The van der Waals surface area contributed by atoms with E-state index in [0.717, 1.165) is 19.3 Å². The van der Waals surface area contributed by atoms with Crippen LogP contribution in [0.25, 0.3) is 0 Å². The third-order valence-corrected chi connectivity index (χ3v) is 3.87. The second-order valence-corrected chi connectivity index (χ2v) is 5.04. The molecule has 0 aromatic heterocycles. The van der Waals surface area contributed by atoms with Crippen LogP contribution >= 0.6 is 0 Å². The molecule has 3 heteroatoms. The Kier molecular flexibility index (Phi) is 4.37. The van der Waals surface area contributed by atoms with Crippen molar-refractivity contribution in [1.82, 2.24) is 0 Å². The van der Waals surface area contributed by atoms with Crippen molar-refractivity contribution >= 4 is 5.97 Å². The maximum atomic E-state index is 11.5. The van der Waals surface area contributed by atoms with Crippen molar-refractivity contribution in [1.29, 1.82) is 0 Å². The monoisotopic (exact) mass is 248 g/mol. The van der Waals surface area contributed by atoms with Crippen LogP contribution in [-0.2, 0) is 16.0 Å². The first kappa shape index (κ1) is 13.1. The average molecular weight is 248 g/mol. The van der Waals surface area contributed by atoms with Crippen molar-refractivity contribution in [2.45, 2.75) is 32.1 Å². The molecule has 0 atom stereocenters. The average Bonchev–Trinajstić information content (AvgIpc) is 2.41. The van der Waals surface area contributed by atoms with Gasteiger partial charge in [0.25, 0.3) is 0 Å². The van der Waals surface area contributed by atoms with E-state index in [2.05, 4.69) is 12.1 Å². The Labute approximate surface area is 108 Å². The van der Waals surface area contributed by atoms with E-state index in [1.54, 1.807) is 0 Å². The van der Waals surface area contributed by atoms with E-state index in [-0.39, 0.29) is 0 Å². The number of ether oxygens (including phenoxy) is 1. The molecule has 3 nitrogen and oxygen atoms in total. The standard InChI is InChI=1S/C15H20O3/c16-14(17)15(9-11-18-12-10-15)8-4-7-13-5-2-1-3-6-13/h1-3,5-6H,4,7-12H2,(H,16,17). The van der Waals surface area contributed by atoms with Crippen LogP contribution in [0.3, 0.4) is 0 Å². The summed E-state index contributed by atoms with van der Waals surface area (Å²) in [6.07, 6.45) is 3.93. The minimum absolute atomic E-state index is 0.549. The summed E-state index contributed by atoms with van der Waals surface area (Å²) >= 11 is 0. The van der Waals surface area contributed by atoms with Crippen LogP contribution in [0.5, 0.6) is 0 Å². The Bertz CT molecular complexity index is 380. The lowest BCUT2D eigenvalue weighted by atomic mass is 9.76. The van der Waals surface area contributed by atoms with Crippen molar-refractivity contribution in [3.63, 3.8) is 0 Å². The largest absolute Gasteiger partial charge is 0.481 e. The van der Waals surface area contributed by atoms with E-state index in [0.29, 0.717) is 26.1 Å². The summed E-state index contributed by atoms with van der Waals surface area (Å²) in [6.45, 7) is 1.16. The van der Waals surface area contributed by atoms with E-state index >= 15 is 0 Å². The summed E-state index contributed by atoms with van der Waals surface area (Å²) in [4.78, 5) is 11.5. The number of aliphatic carboxylic acids is 1. The Balaban J connectivity index is 1.88. The summed E-state index contributed by atoms with van der Waals surface area (Å²) < 4.78 is 5.28. The van der Waals surface area contributed by atoms with E-state index in [1.807, 2.05) is 18.2 Å². The van der Waals surface area contributed by atoms with Gasteiger partial charge in [0.15, 0.2) is 0 Å². The van der Waals surface area contributed by atoms with Gasteiger partial charge in [-0.15, -0.1) is 0 Å². The molecule has 1 aliphatic heterocycles. The number of rotatable bonds is 5. The minimum atomic E-state index is -0.654. The first-order valence-corrected chi connectivity index (χ1v) is 6.58. The van der Waals surface area contributed by atoms with Gasteiger partial charge in [0.1, 0.15) is 0 Å². The molecule has 0 amide bonds. The number of hydrogen-bond acceptors (Lipinski definition) is 2. The number of aryl methyl sites for hydroxylation is 1. The fourth-order valence-electron chi connectivity index (χ4n) is 2.61. The van der Waals surface area contributed by atoms with E-state index < -0.39 is 11.4 Å². The molecule has 1 saturated heterocycles. The lowest BCUT2D eigenvalue weighted by Gasteiger charge is -2.33. The molecule has 1 aromatic carbocycles. The Morgan fingerprint density at radius 1 is 1.22 bits per heavy atom. The highest BCUT2D eigenvalue weighted by Gasteiger charge is 2.39. The van der Waals surface area contributed by atoms with E-state index in [4.69, 9.17) is 4.74 Å². The number of benzene rings is 1. The minimum Gasteiger partial charge on any atom is -0.481 e. The van der Waals surface area contributed by atoms with Gasteiger partial charge in [0.05, 0.1) is 5.41 Å². The SMILES string of the molecule is O=C(O)C1(CCCc2ccccc2)CCOCC1. The molecule has 0 spiro atoms. The fourth-order valence-corrected chi connectivity index (χ4v) is 2.61. The second kappa shape index (κ2) is 6.01. The topological polar surface area (TPSA) is 46.5 Å². The highest BCUT2D eigenvalue weighted by atomic mass is 16.5. The van der Waals surface area contributed by atoms with Gasteiger partial charge in [-0.3, -0.25) is 4.79 Å². The number of carboxylic acid groups (broad SMARTS) is 1. The lowest BCUT2D eigenvalue weighted by molar-refractivity contribution is -0.155. The van der Waals surface area contributed by atoms with Crippen LogP contribution in [0, 0.1) is 5.41 Å². The second-order valence-electron chi connectivity index (χ2n) is 5.04. The molecule has 0 aliphatic carbocycles. The van der Waals surface area contributed by atoms with Gasteiger partial charge in [-0.05, 0) is 37.7 Å². The predicted octanol–water partition coefficient (Wildman–Crippen LogP) is 2.89. The van der Waals surface area contributed by atoms with Crippen molar-refractivity contribution in [3.05, 3.63) is 35.9 Å². The summed E-state index contributed by atoms with van der Waals surface area (Å²) in [5, 5.41) is 9.43. The maximum Gasteiger partial charge on any atom is 0.309 e. The molecule has 1 aromatic rings. The molecule has 1 aliphatic rings. The zero-order valence-corrected chi connectivity index (χ0v) is 10.6. The Morgan fingerprint density at radius 2 is 1.89 bits per heavy atom. The molecule has 0 unspecified atom stereocenters. The number of hydrogen-bond donors (Lipinski definition) is 1. The molecule has 0 saturated carbocycles. The molecule has 0 bridgehead atoms. The van der Waals surface area contributed by atoms with Gasteiger partial charge in [-0.25, -0.2) is 0 Å². The third-order valence-electron chi connectivity index (χ3n) is 3.87. The van der Waals surface area contributed by atoms with Gasteiger partial charge < -0.3 is 9.84 Å². The van der Waals surface area contributed by atoms with Gasteiger partial charge in [0, 0.05) is 13.2 Å². The molecule has 1 heterocycles.